The van der Waals surface area contributed by atoms with Gasteiger partial charge in [0.05, 0.1) is 18.1 Å². The molecule has 1 N–H and O–H groups in total. The lowest BCUT2D eigenvalue weighted by atomic mass is 10.0. The van der Waals surface area contributed by atoms with Crippen LogP contribution in [0, 0.1) is 17.8 Å². The van der Waals surface area contributed by atoms with Gasteiger partial charge < -0.3 is 9.72 Å². The molecule has 1 aliphatic carbocycles. The van der Waals surface area contributed by atoms with Gasteiger partial charge in [-0.25, -0.2) is 9.37 Å². The Kier molecular flexibility index (Phi) is 5.94. The van der Waals surface area contributed by atoms with E-state index in [9.17, 15) is 9.18 Å². The van der Waals surface area contributed by atoms with Crippen molar-refractivity contribution in [3.05, 3.63) is 34.2 Å². The SMILES string of the molecule is COc1ccc2nc(CCCCC[C@@H]3C[C@@H]3C(F)C(C)C)c(=O)[nH]c2c1. The molecule has 0 spiro atoms. The molecule has 26 heavy (non-hydrogen) atoms. The number of rotatable bonds is 9. The number of benzene rings is 1. The van der Waals surface area contributed by atoms with E-state index in [1.165, 1.54) is 0 Å². The van der Waals surface area contributed by atoms with Crippen LogP contribution in [0.1, 0.15) is 51.6 Å². The summed E-state index contributed by atoms with van der Waals surface area (Å²) >= 11 is 0. The number of nitrogens with one attached hydrogen (secondary N) is 1. The van der Waals surface area contributed by atoms with E-state index in [-0.39, 0.29) is 17.4 Å². The smallest absolute Gasteiger partial charge is 0.270 e. The monoisotopic (exact) mass is 360 g/mol. The first kappa shape index (κ1) is 18.9. The van der Waals surface area contributed by atoms with Gasteiger partial charge in [0.1, 0.15) is 17.6 Å². The zero-order valence-corrected chi connectivity index (χ0v) is 15.9. The number of alkyl halides is 1. The summed E-state index contributed by atoms with van der Waals surface area (Å²) in [6.45, 7) is 3.93. The number of aromatic nitrogens is 2. The second-order valence-corrected chi connectivity index (χ2v) is 7.84. The Balaban J connectivity index is 1.45. The molecule has 4 nitrogen and oxygen atoms in total. The van der Waals surface area contributed by atoms with Crippen molar-refractivity contribution in [2.75, 3.05) is 7.11 Å². The van der Waals surface area contributed by atoms with Gasteiger partial charge in [-0.1, -0.05) is 33.1 Å². The van der Waals surface area contributed by atoms with E-state index in [0.29, 0.717) is 29.3 Å². The minimum Gasteiger partial charge on any atom is -0.497 e. The molecule has 1 saturated carbocycles. The van der Waals surface area contributed by atoms with Crippen molar-refractivity contribution in [1.29, 1.82) is 0 Å². The van der Waals surface area contributed by atoms with E-state index in [1.54, 1.807) is 13.2 Å². The fourth-order valence-electron chi connectivity index (χ4n) is 3.76. The number of nitrogens with zero attached hydrogens (tertiary/aromatic N) is 1. The van der Waals surface area contributed by atoms with Gasteiger partial charge in [0, 0.05) is 6.07 Å². The van der Waals surface area contributed by atoms with Gasteiger partial charge in [-0.3, -0.25) is 4.79 Å². The first-order valence-electron chi connectivity index (χ1n) is 9.70. The van der Waals surface area contributed by atoms with E-state index in [0.717, 1.165) is 37.6 Å². The van der Waals surface area contributed by atoms with Crippen LogP contribution in [0.2, 0.25) is 0 Å². The van der Waals surface area contributed by atoms with Crippen LogP contribution >= 0.6 is 0 Å². The van der Waals surface area contributed by atoms with Crippen molar-refractivity contribution < 1.29 is 9.13 Å². The van der Waals surface area contributed by atoms with Crippen LogP contribution in [0.4, 0.5) is 4.39 Å². The molecule has 0 radical (unpaired) electrons. The summed E-state index contributed by atoms with van der Waals surface area (Å²) in [6.07, 6.45) is 5.31. The van der Waals surface area contributed by atoms with E-state index in [2.05, 4.69) is 9.97 Å². The van der Waals surface area contributed by atoms with Crippen LogP contribution in [0.25, 0.3) is 11.0 Å². The van der Waals surface area contributed by atoms with Crippen LogP contribution in [-0.4, -0.2) is 23.2 Å². The van der Waals surface area contributed by atoms with Gasteiger partial charge in [0.25, 0.3) is 5.56 Å². The molecule has 1 fully saturated rings. The molecule has 1 unspecified atom stereocenters. The largest absolute Gasteiger partial charge is 0.497 e. The number of hydrogen-bond acceptors (Lipinski definition) is 3. The molecule has 2 aromatic rings. The second kappa shape index (κ2) is 8.19. The lowest BCUT2D eigenvalue weighted by Gasteiger charge is -2.11. The van der Waals surface area contributed by atoms with Crippen molar-refractivity contribution in [3.8, 4) is 5.75 Å². The van der Waals surface area contributed by atoms with E-state index < -0.39 is 6.17 Å². The topological polar surface area (TPSA) is 55.0 Å². The normalized spacial score (nSPS) is 20.5. The molecule has 3 atom stereocenters. The average Bonchev–Trinajstić information content (AvgIpc) is 3.39. The van der Waals surface area contributed by atoms with Crippen molar-refractivity contribution in [1.82, 2.24) is 9.97 Å². The van der Waals surface area contributed by atoms with E-state index in [4.69, 9.17) is 4.74 Å². The van der Waals surface area contributed by atoms with E-state index in [1.807, 2.05) is 26.0 Å². The zero-order chi connectivity index (χ0) is 18.7. The molecular weight excluding hydrogens is 331 g/mol. The van der Waals surface area contributed by atoms with Crippen molar-refractivity contribution in [2.45, 2.75) is 58.5 Å². The van der Waals surface area contributed by atoms with Crippen molar-refractivity contribution in [3.63, 3.8) is 0 Å². The van der Waals surface area contributed by atoms with Crippen LogP contribution in [0.5, 0.6) is 5.75 Å². The first-order valence-corrected chi connectivity index (χ1v) is 9.70. The summed E-state index contributed by atoms with van der Waals surface area (Å²) in [4.78, 5) is 19.6. The van der Waals surface area contributed by atoms with Crippen molar-refractivity contribution >= 4 is 11.0 Å². The number of aromatic amines is 1. The number of unbranched alkanes of at least 4 members (excludes halogenated alkanes) is 2. The summed E-state index contributed by atoms with van der Waals surface area (Å²) in [5.41, 5.74) is 1.95. The Morgan fingerprint density at radius 3 is 2.85 bits per heavy atom. The molecular formula is C21H29FN2O2. The first-order chi connectivity index (χ1) is 12.5. The lowest BCUT2D eigenvalue weighted by Crippen LogP contribution is -2.15. The van der Waals surface area contributed by atoms with Gasteiger partial charge >= 0.3 is 0 Å². The van der Waals surface area contributed by atoms with Crippen molar-refractivity contribution in [2.24, 2.45) is 17.8 Å². The molecule has 1 aromatic heterocycles. The van der Waals surface area contributed by atoms with Gasteiger partial charge in [0.15, 0.2) is 0 Å². The molecule has 1 aliphatic rings. The maximum atomic E-state index is 13.9. The number of ether oxygens (including phenoxy) is 1. The molecule has 1 heterocycles. The molecule has 5 heteroatoms. The van der Waals surface area contributed by atoms with Gasteiger partial charge in [-0.2, -0.15) is 0 Å². The van der Waals surface area contributed by atoms with Gasteiger partial charge in [0.2, 0.25) is 0 Å². The Labute approximate surface area is 154 Å². The van der Waals surface area contributed by atoms with Gasteiger partial charge in [-0.05, 0) is 49.1 Å². The van der Waals surface area contributed by atoms with Crippen LogP contribution < -0.4 is 10.3 Å². The molecule has 3 rings (SSSR count). The zero-order valence-electron chi connectivity index (χ0n) is 15.9. The maximum Gasteiger partial charge on any atom is 0.270 e. The molecule has 0 aliphatic heterocycles. The number of aryl methyl sites for hydroxylation is 1. The fraction of sp³-hybridized carbons (Fsp3) is 0.619. The standard InChI is InChI=1S/C21H29FN2O2/c1-13(2)20(22)16-11-14(16)7-5-4-6-8-18-21(25)24-19-12-15(26-3)9-10-17(19)23-18/h9-10,12-14,16,20H,4-8,11H2,1-3H3,(H,24,25)/t14-,16+,20?/m1/s1. The summed E-state index contributed by atoms with van der Waals surface area (Å²) in [7, 11) is 1.60. The third-order valence-electron chi connectivity index (χ3n) is 5.48. The Morgan fingerprint density at radius 1 is 1.31 bits per heavy atom. The van der Waals surface area contributed by atoms with E-state index >= 15 is 0 Å². The summed E-state index contributed by atoms with van der Waals surface area (Å²) in [5.74, 6) is 1.70. The molecule has 0 saturated heterocycles. The molecule has 0 bridgehead atoms. The number of methoxy groups -OCH3 is 1. The quantitative estimate of drug-likeness (QED) is 0.662. The summed E-state index contributed by atoms with van der Waals surface area (Å²) in [6, 6.07) is 5.50. The third-order valence-corrected chi connectivity index (χ3v) is 5.48. The number of halogens is 1. The summed E-state index contributed by atoms with van der Waals surface area (Å²) in [5, 5.41) is 0. The number of fused-ring (bicyclic) bond motifs is 1. The second-order valence-electron chi connectivity index (χ2n) is 7.84. The summed E-state index contributed by atoms with van der Waals surface area (Å²) < 4.78 is 19.1. The minimum atomic E-state index is -0.640. The third kappa shape index (κ3) is 4.43. The molecule has 0 amide bonds. The molecule has 142 valence electrons. The molecule has 1 aromatic carbocycles. The van der Waals surface area contributed by atoms with Gasteiger partial charge in [-0.15, -0.1) is 0 Å². The Morgan fingerprint density at radius 2 is 2.12 bits per heavy atom. The van der Waals surface area contributed by atoms with Crippen LogP contribution in [0.3, 0.4) is 0 Å². The maximum absolute atomic E-state index is 13.9. The fourth-order valence-corrected chi connectivity index (χ4v) is 3.76. The van der Waals surface area contributed by atoms with Crippen LogP contribution in [0.15, 0.2) is 23.0 Å². The average molecular weight is 360 g/mol. The highest BCUT2D eigenvalue weighted by Crippen LogP contribution is 2.47. The highest BCUT2D eigenvalue weighted by molar-refractivity contribution is 5.75. The predicted octanol–water partition coefficient (Wildman–Crippen LogP) is 4.66. The minimum absolute atomic E-state index is 0.120. The van der Waals surface area contributed by atoms with Crippen LogP contribution in [-0.2, 0) is 6.42 Å². The lowest BCUT2D eigenvalue weighted by molar-refractivity contribution is 0.214. The highest BCUT2D eigenvalue weighted by Gasteiger charge is 2.43. The number of H-pyrrole nitrogens is 1. The Bertz CT molecular complexity index is 802. The highest BCUT2D eigenvalue weighted by atomic mass is 19.1. The predicted molar refractivity (Wildman–Crippen MR) is 102 cm³/mol. The Hall–Kier alpha value is -1.91. The number of hydrogen-bond donors (Lipinski definition) is 1.